The molecule has 1 unspecified atom stereocenters. The number of carbonyl (C=O) groups excluding carboxylic acids is 1. The minimum atomic E-state index is -4.46. The van der Waals surface area contributed by atoms with Gasteiger partial charge >= 0.3 is 6.18 Å². The molecule has 0 saturated carbocycles. The van der Waals surface area contributed by atoms with Crippen molar-refractivity contribution in [3.05, 3.63) is 23.9 Å². The predicted octanol–water partition coefficient (Wildman–Crippen LogP) is 2.77. The summed E-state index contributed by atoms with van der Waals surface area (Å²) in [5, 5.41) is 2.92. The minimum Gasteiger partial charge on any atom is -0.355 e. The number of rotatable bonds is 7. The Morgan fingerprint density at radius 1 is 1.38 bits per heavy atom. The number of nitrogens with one attached hydrogen (secondary N) is 1. The first-order valence-corrected chi connectivity index (χ1v) is 9.14. The van der Waals surface area contributed by atoms with Crippen molar-refractivity contribution in [2.24, 2.45) is 5.92 Å². The molecule has 2 rings (SSSR count). The summed E-state index contributed by atoms with van der Waals surface area (Å²) >= 11 is 0. The van der Waals surface area contributed by atoms with E-state index in [0.717, 1.165) is 25.7 Å². The lowest BCUT2D eigenvalue weighted by atomic mass is 9.96. The van der Waals surface area contributed by atoms with Gasteiger partial charge in [0.05, 0.1) is 11.5 Å². The summed E-state index contributed by atoms with van der Waals surface area (Å²) in [6.45, 7) is 8.03. The molecule has 26 heavy (non-hydrogen) atoms. The molecule has 1 saturated heterocycles. The first kappa shape index (κ1) is 20.5. The Morgan fingerprint density at radius 2 is 2.12 bits per heavy atom. The van der Waals surface area contributed by atoms with Crippen molar-refractivity contribution in [1.29, 1.82) is 0 Å². The number of hydrogen-bond acceptors (Lipinski definition) is 4. The van der Waals surface area contributed by atoms with Crippen LogP contribution < -0.4 is 10.2 Å². The predicted molar refractivity (Wildman–Crippen MR) is 95.0 cm³/mol. The lowest BCUT2D eigenvalue weighted by molar-refractivity contribution is -0.137. The van der Waals surface area contributed by atoms with Gasteiger partial charge in [-0.1, -0.05) is 13.8 Å². The van der Waals surface area contributed by atoms with Gasteiger partial charge in [0.1, 0.15) is 5.82 Å². The van der Waals surface area contributed by atoms with Gasteiger partial charge in [-0.05, 0) is 38.1 Å². The first-order chi connectivity index (χ1) is 12.4. The number of hydrogen-bond donors (Lipinski definition) is 1. The molecule has 1 aromatic rings. The Bertz CT molecular complexity index is 590. The molecule has 1 amide bonds. The van der Waals surface area contributed by atoms with Gasteiger partial charge in [-0.25, -0.2) is 4.98 Å². The maximum absolute atomic E-state index is 13.2. The zero-order chi connectivity index (χ0) is 19.2. The van der Waals surface area contributed by atoms with Crippen molar-refractivity contribution in [1.82, 2.24) is 15.2 Å². The molecule has 8 heteroatoms. The SMILES string of the molecule is CCN(CC)CCNC(=O)C1CCCN(c2ncccc2C(F)(F)F)C1. The number of nitrogens with zero attached hydrogens (tertiary/aromatic N) is 3. The molecule has 146 valence electrons. The van der Waals surface area contributed by atoms with Crippen LogP contribution in [-0.2, 0) is 11.0 Å². The van der Waals surface area contributed by atoms with Gasteiger partial charge in [0.15, 0.2) is 0 Å². The van der Waals surface area contributed by atoms with Crippen molar-refractivity contribution < 1.29 is 18.0 Å². The summed E-state index contributed by atoms with van der Waals surface area (Å²) in [7, 11) is 0. The maximum Gasteiger partial charge on any atom is 0.419 e. The number of likely N-dealkylation sites (N-methyl/N-ethyl adjacent to an activating group) is 1. The summed E-state index contributed by atoms with van der Waals surface area (Å²) in [4.78, 5) is 20.1. The average Bonchev–Trinajstić information content (AvgIpc) is 2.64. The molecule has 1 aliphatic heterocycles. The monoisotopic (exact) mass is 372 g/mol. The number of carbonyl (C=O) groups is 1. The number of pyridine rings is 1. The summed E-state index contributed by atoms with van der Waals surface area (Å²) in [6, 6.07) is 2.32. The smallest absolute Gasteiger partial charge is 0.355 e. The Hall–Kier alpha value is -1.83. The van der Waals surface area contributed by atoms with Crippen LogP contribution in [0.15, 0.2) is 18.3 Å². The normalized spacial score (nSPS) is 18.2. The highest BCUT2D eigenvalue weighted by atomic mass is 19.4. The molecule has 1 aliphatic rings. The van der Waals surface area contributed by atoms with E-state index in [4.69, 9.17) is 0 Å². The Kier molecular flexibility index (Phi) is 7.25. The fourth-order valence-electron chi connectivity index (χ4n) is 3.28. The molecule has 0 radical (unpaired) electrons. The molecular weight excluding hydrogens is 345 g/mol. The molecule has 2 heterocycles. The maximum atomic E-state index is 13.2. The van der Waals surface area contributed by atoms with Crippen LogP contribution in [0.1, 0.15) is 32.3 Å². The fourth-order valence-corrected chi connectivity index (χ4v) is 3.28. The zero-order valence-corrected chi connectivity index (χ0v) is 15.4. The van der Waals surface area contributed by atoms with Crippen molar-refractivity contribution in [3.63, 3.8) is 0 Å². The van der Waals surface area contributed by atoms with Crippen molar-refractivity contribution >= 4 is 11.7 Å². The van der Waals surface area contributed by atoms with Crippen LogP contribution in [0.25, 0.3) is 0 Å². The molecule has 5 nitrogen and oxygen atoms in total. The second-order valence-corrected chi connectivity index (χ2v) is 6.48. The number of halogens is 3. The van der Waals surface area contributed by atoms with Crippen LogP contribution in [0, 0.1) is 5.92 Å². The van der Waals surface area contributed by atoms with E-state index in [1.54, 1.807) is 4.90 Å². The second-order valence-electron chi connectivity index (χ2n) is 6.48. The molecule has 0 bridgehead atoms. The van der Waals surface area contributed by atoms with Crippen molar-refractivity contribution in [3.8, 4) is 0 Å². The van der Waals surface area contributed by atoms with Gasteiger partial charge in [-0.2, -0.15) is 13.2 Å². The Morgan fingerprint density at radius 3 is 2.77 bits per heavy atom. The number of piperidine rings is 1. The second kappa shape index (κ2) is 9.21. The number of anilines is 1. The van der Waals surface area contributed by atoms with Crippen LogP contribution in [0.4, 0.5) is 19.0 Å². The van der Waals surface area contributed by atoms with E-state index in [1.807, 2.05) is 0 Å². The zero-order valence-electron chi connectivity index (χ0n) is 15.4. The van der Waals surface area contributed by atoms with E-state index in [1.165, 1.54) is 12.3 Å². The lowest BCUT2D eigenvalue weighted by Crippen LogP contribution is -2.45. The van der Waals surface area contributed by atoms with Crippen LogP contribution >= 0.6 is 0 Å². The highest BCUT2D eigenvalue weighted by molar-refractivity contribution is 5.79. The van der Waals surface area contributed by atoms with Gasteiger partial charge in [-0.15, -0.1) is 0 Å². The molecule has 1 aromatic heterocycles. The van der Waals surface area contributed by atoms with Crippen LogP contribution in [-0.4, -0.2) is 55.1 Å². The molecule has 0 aromatic carbocycles. The van der Waals surface area contributed by atoms with E-state index < -0.39 is 11.7 Å². The average molecular weight is 372 g/mol. The minimum absolute atomic E-state index is 0.0827. The van der Waals surface area contributed by atoms with Crippen LogP contribution in [0.2, 0.25) is 0 Å². The summed E-state index contributed by atoms with van der Waals surface area (Å²) < 4.78 is 39.7. The topological polar surface area (TPSA) is 48.5 Å². The highest BCUT2D eigenvalue weighted by Crippen LogP contribution is 2.36. The quantitative estimate of drug-likeness (QED) is 0.800. The number of aromatic nitrogens is 1. The Balaban J connectivity index is 1.98. The summed E-state index contributed by atoms with van der Waals surface area (Å²) in [6.07, 6.45) is -1.75. The van der Waals surface area contributed by atoms with Gasteiger partial charge in [0, 0.05) is 32.4 Å². The fraction of sp³-hybridized carbons (Fsp3) is 0.667. The Labute approximate surface area is 152 Å². The standard InChI is InChI=1S/C18H27F3N4O/c1-3-24(4-2)12-10-23-17(26)14-7-6-11-25(13-14)16-15(18(19,20)21)8-5-9-22-16/h5,8-9,14H,3-4,6-7,10-13H2,1-2H3,(H,23,26). The number of amides is 1. The largest absolute Gasteiger partial charge is 0.419 e. The van der Waals surface area contributed by atoms with Crippen LogP contribution in [0.3, 0.4) is 0 Å². The summed E-state index contributed by atoms with van der Waals surface area (Å²) in [5.74, 6) is -0.490. The third kappa shape index (κ3) is 5.33. The van der Waals surface area contributed by atoms with E-state index >= 15 is 0 Å². The van der Waals surface area contributed by atoms with Gasteiger partial charge in [-0.3, -0.25) is 4.79 Å². The highest BCUT2D eigenvalue weighted by Gasteiger charge is 2.37. The molecular formula is C18H27F3N4O. The lowest BCUT2D eigenvalue weighted by Gasteiger charge is -2.34. The molecule has 1 N–H and O–H groups in total. The van der Waals surface area contributed by atoms with Gasteiger partial charge in [0.2, 0.25) is 5.91 Å². The third-order valence-electron chi connectivity index (χ3n) is 4.81. The van der Waals surface area contributed by atoms with E-state index in [2.05, 4.69) is 29.0 Å². The number of alkyl halides is 3. The van der Waals surface area contributed by atoms with Gasteiger partial charge < -0.3 is 15.1 Å². The first-order valence-electron chi connectivity index (χ1n) is 9.14. The molecule has 1 fully saturated rings. The molecule has 0 aliphatic carbocycles. The molecule has 1 atom stereocenters. The summed E-state index contributed by atoms with van der Waals surface area (Å²) in [5.41, 5.74) is -0.748. The molecule has 0 spiro atoms. The van der Waals surface area contributed by atoms with Crippen molar-refractivity contribution in [2.75, 3.05) is 44.2 Å². The third-order valence-corrected chi connectivity index (χ3v) is 4.81. The van der Waals surface area contributed by atoms with Gasteiger partial charge in [0.25, 0.3) is 0 Å². The van der Waals surface area contributed by atoms with E-state index in [-0.39, 0.29) is 24.2 Å². The van der Waals surface area contributed by atoms with Crippen molar-refractivity contribution in [2.45, 2.75) is 32.9 Å². The van der Waals surface area contributed by atoms with E-state index in [9.17, 15) is 18.0 Å². The van der Waals surface area contributed by atoms with E-state index in [0.29, 0.717) is 25.9 Å². The van der Waals surface area contributed by atoms with Crippen LogP contribution in [0.5, 0.6) is 0 Å².